The van der Waals surface area contributed by atoms with Gasteiger partial charge in [-0.3, -0.25) is 4.99 Å². The van der Waals surface area contributed by atoms with E-state index < -0.39 is 0 Å². The van der Waals surface area contributed by atoms with Crippen LogP contribution in [-0.2, 0) is 0 Å². The Morgan fingerprint density at radius 3 is 2.67 bits per heavy atom. The lowest BCUT2D eigenvalue weighted by molar-refractivity contribution is 0.210. The number of benzene rings is 1. The van der Waals surface area contributed by atoms with E-state index in [4.69, 9.17) is 0 Å². The number of aliphatic imine (C=N–C) groups is 1. The quantitative estimate of drug-likeness (QED) is 0.388. The second-order valence-electron chi connectivity index (χ2n) is 7.61. The molecule has 152 valence electrons. The third kappa shape index (κ3) is 6.78. The van der Waals surface area contributed by atoms with Gasteiger partial charge in [0.15, 0.2) is 5.96 Å². The number of hydrogen-bond acceptors (Lipinski definition) is 3. The van der Waals surface area contributed by atoms with Gasteiger partial charge in [0, 0.05) is 45.0 Å². The van der Waals surface area contributed by atoms with Crippen molar-refractivity contribution in [3.63, 3.8) is 0 Å². The first-order valence-electron chi connectivity index (χ1n) is 9.80. The molecule has 1 aromatic carbocycles. The predicted octanol–water partition coefficient (Wildman–Crippen LogP) is 2.92. The van der Waals surface area contributed by atoms with Gasteiger partial charge in [-0.15, -0.1) is 24.0 Å². The van der Waals surface area contributed by atoms with Crippen LogP contribution >= 0.6 is 24.0 Å². The Hall–Kier alpha value is -1.09. The molecule has 27 heavy (non-hydrogen) atoms. The lowest BCUT2D eigenvalue weighted by Crippen LogP contribution is -2.50. The van der Waals surface area contributed by atoms with Gasteiger partial charge in [0.1, 0.15) is 5.82 Å². The molecular weight excluding hydrogens is 456 g/mol. The summed E-state index contributed by atoms with van der Waals surface area (Å²) in [6.07, 6.45) is 4.64. The molecule has 5 nitrogen and oxygen atoms in total. The summed E-state index contributed by atoms with van der Waals surface area (Å²) in [5.41, 5.74) is 0.979. The Morgan fingerprint density at radius 1 is 1.22 bits per heavy atom. The maximum Gasteiger partial charge on any atom is 0.191 e. The molecule has 1 aromatic rings. The smallest absolute Gasteiger partial charge is 0.191 e. The van der Waals surface area contributed by atoms with Crippen LogP contribution in [0.4, 0.5) is 10.1 Å². The van der Waals surface area contributed by atoms with E-state index in [1.165, 1.54) is 25.5 Å². The number of likely N-dealkylation sites (tertiary alicyclic amines) is 1. The summed E-state index contributed by atoms with van der Waals surface area (Å²) in [5, 5.41) is 7.07. The van der Waals surface area contributed by atoms with Crippen molar-refractivity contribution in [3.8, 4) is 0 Å². The fraction of sp³-hybridized carbons (Fsp3) is 0.650. The van der Waals surface area contributed by atoms with Gasteiger partial charge in [0.25, 0.3) is 0 Å². The van der Waals surface area contributed by atoms with Crippen molar-refractivity contribution >= 4 is 35.6 Å². The third-order valence-corrected chi connectivity index (χ3v) is 5.51. The molecule has 0 aliphatic carbocycles. The fourth-order valence-corrected chi connectivity index (χ4v) is 4.02. The van der Waals surface area contributed by atoms with Crippen molar-refractivity contribution in [1.29, 1.82) is 0 Å². The summed E-state index contributed by atoms with van der Waals surface area (Å²) in [5.74, 6) is 1.44. The summed E-state index contributed by atoms with van der Waals surface area (Å²) < 4.78 is 13.4. The molecule has 2 fully saturated rings. The zero-order chi connectivity index (χ0) is 18.4. The molecule has 0 spiro atoms. The van der Waals surface area contributed by atoms with Gasteiger partial charge in [-0.2, -0.15) is 0 Å². The van der Waals surface area contributed by atoms with Crippen LogP contribution in [0.3, 0.4) is 0 Å². The molecule has 2 aliphatic rings. The summed E-state index contributed by atoms with van der Waals surface area (Å²) in [4.78, 5) is 9.06. The summed E-state index contributed by atoms with van der Waals surface area (Å²) in [6, 6.07) is 7.30. The molecule has 0 radical (unpaired) electrons. The second kappa shape index (κ2) is 11.0. The summed E-state index contributed by atoms with van der Waals surface area (Å²) in [7, 11) is 4.04. The number of hydrogen-bond donors (Lipinski definition) is 2. The Kier molecular flexibility index (Phi) is 9.08. The standard InChI is InChI=1S/C20H32FN5.HI/c1-22-20(23-14-16-5-4-10-25(2)15-16)24-18-8-11-26(12-9-18)19-7-3-6-17(21)13-19;/h3,6-7,13,16,18H,4-5,8-12,14-15H2,1-2H3,(H2,22,23,24);1H. The molecule has 7 heteroatoms. The highest BCUT2D eigenvalue weighted by Crippen LogP contribution is 2.20. The Morgan fingerprint density at radius 2 is 2.00 bits per heavy atom. The van der Waals surface area contributed by atoms with Crippen molar-refractivity contribution in [1.82, 2.24) is 15.5 Å². The van der Waals surface area contributed by atoms with E-state index >= 15 is 0 Å². The lowest BCUT2D eigenvalue weighted by Gasteiger charge is -2.35. The fourth-order valence-electron chi connectivity index (χ4n) is 4.02. The van der Waals surface area contributed by atoms with Crippen molar-refractivity contribution < 1.29 is 4.39 Å². The van der Waals surface area contributed by atoms with Crippen molar-refractivity contribution in [3.05, 3.63) is 30.1 Å². The van der Waals surface area contributed by atoms with E-state index in [0.717, 1.165) is 50.7 Å². The summed E-state index contributed by atoms with van der Waals surface area (Å²) in [6.45, 7) is 5.23. The first-order chi connectivity index (χ1) is 12.6. The minimum atomic E-state index is -0.166. The molecule has 0 aromatic heterocycles. The van der Waals surface area contributed by atoms with E-state index in [0.29, 0.717) is 12.0 Å². The first kappa shape index (κ1) is 22.2. The van der Waals surface area contributed by atoms with E-state index in [9.17, 15) is 4.39 Å². The van der Waals surface area contributed by atoms with Crippen LogP contribution in [0.2, 0.25) is 0 Å². The van der Waals surface area contributed by atoms with Gasteiger partial charge in [-0.05, 0) is 63.4 Å². The van der Waals surface area contributed by atoms with E-state index in [1.807, 2.05) is 13.1 Å². The topological polar surface area (TPSA) is 42.9 Å². The van der Waals surface area contributed by atoms with Gasteiger partial charge in [0.2, 0.25) is 0 Å². The van der Waals surface area contributed by atoms with Crippen molar-refractivity contribution in [2.24, 2.45) is 10.9 Å². The predicted molar refractivity (Wildman–Crippen MR) is 122 cm³/mol. The van der Waals surface area contributed by atoms with Gasteiger partial charge in [-0.1, -0.05) is 6.07 Å². The van der Waals surface area contributed by atoms with E-state index in [1.54, 1.807) is 12.1 Å². The number of piperidine rings is 2. The third-order valence-electron chi connectivity index (χ3n) is 5.51. The normalized spacial score (nSPS) is 22.3. The van der Waals surface area contributed by atoms with Crippen molar-refractivity contribution in [2.45, 2.75) is 31.7 Å². The molecule has 2 aliphatic heterocycles. The van der Waals surface area contributed by atoms with E-state index in [2.05, 4.69) is 32.5 Å². The average molecular weight is 489 g/mol. The van der Waals surface area contributed by atoms with E-state index in [-0.39, 0.29) is 29.8 Å². The highest BCUT2D eigenvalue weighted by molar-refractivity contribution is 14.0. The monoisotopic (exact) mass is 489 g/mol. The van der Waals surface area contributed by atoms with Crippen LogP contribution in [0.1, 0.15) is 25.7 Å². The number of anilines is 1. The molecule has 3 rings (SSSR count). The zero-order valence-corrected chi connectivity index (χ0v) is 18.8. The zero-order valence-electron chi connectivity index (χ0n) is 16.5. The van der Waals surface area contributed by atoms with Crippen LogP contribution < -0.4 is 15.5 Å². The number of rotatable bonds is 4. The average Bonchev–Trinajstić information content (AvgIpc) is 2.66. The van der Waals surface area contributed by atoms with Gasteiger partial charge in [-0.25, -0.2) is 4.39 Å². The molecular formula is C20H33FIN5. The van der Waals surface area contributed by atoms with Crippen LogP contribution in [0.25, 0.3) is 0 Å². The Balaban J connectivity index is 0.00000261. The Bertz CT molecular complexity index is 604. The van der Waals surface area contributed by atoms with Crippen molar-refractivity contribution in [2.75, 3.05) is 51.7 Å². The molecule has 0 bridgehead atoms. The number of nitrogens with zero attached hydrogens (tertiary/aromatic N) is 3. The number of halogens is 2. The van der Waals surface area contributed by atoms with Crippen LogP contribution in [0.5, 0.6) is 0 Å². The SMILES string of the molecule is CN=C(NCC1CCCN(C)C1)NC1CCN(c2cccc(F)c2)CC1.I. The summed E-state index contributed by atoms with van der Waals surface area (Å²) >= 11 is 0. The largest absolute Gasteiger partial charge is 0.371 e. The maximum atomic E-state index is 13.4. The minimum absolute atomic E-state index is 0. The number of guanidine groups is 1. The molecule has 2 N–H and O–H groups in total. The van der Waals surface area contributed by atoms with Crippen LogP contribution in [0.15, 0.2) is 29.3 Å². The highest BCUT2D eigenvalue weighted by Gasteiger charge is 2.21. The molecule has 1 unspecified atom stereocenters. The minimum Gasteiger partial charge on any atom is -0.371 e. The Labute approximate surface area is 179 Å². The second-order valence-corrected chi connectivity index (χ2v) is 7.61. The van der Waals surface area contributed by atoms with Crippen LogP contribution in [0, 0.1) is 11.7 Å². The molecule has 2 saturated heterocycles. The van der Waals surface area contributed by atoms with Gasteiger partial charge in [0.05, 0.1) is 0 Å². The molecule has 0 amide bonds. The molecule has 2 heterocycles. The number of nitrogens with one attached hydrogen (secondary N) is 2. The van der Waals surface area contributed by atoms with Crippen LogP contribution in [-0.4, -0.2) is 63.7 Å². The molecule has 0 saturated carbocycles. The first-order valence-corrected chi connectivity index (χ1v) is 9.80. The van der Waals surface area contributed by atoms with Gasteiger partial charge >= 0.3 is 0 Å². The lowest BCUT2D eigenvalue weighted by atomic mass is 9.98. The molecule has 1 atom stereocenters. The van der Waals surface area contributed by atoms with Gasteiger partial charge < -0.3 is 20.4 Å². The highest BCUT2D eigenvalue weighted by atomic mass is 127. The maximum absolute atomic E-state index is 13.4.